The van der Waals surface area contributed by atoms with Crippen LogP contribution in [0.3, 0.4) is 0 Å². The fraction of sp³-hybridized carbons (Fsp3) is 0.0667. The van der Waals surface area contributed by atoms with Gasteiger partial charge in [-0.15, -0.1) is 5.10 Å². The third-order valence-electron chi connectivity index (χ3n) is 3.17. The Morgan fingerprint density at radius 2 is 1.59 bits per heavy atom. The minimum atomic E-state index is -4.81. The van der Waals surface area contributed by atoms with Crippen LogP contribution in [0.2, 0.25) is 0 Å². The van der Waals surface area contributed by atoms with Crippen LogP contribution in [0.15, 0.2) is 65.8 Å². The third kappa shape index (κ3) is 3.20. The van der Waals surface area contributed by atoms with Crippen molar-refractivity contribution in [2.75, 3.05) is 0 Å². The zero-order valence-electron chi connectivity index (χ0n) is 11.4. The predicted octanol–water partition coefficient (Wildman–Crippen LogP) is 2.65. The monoisotopic (exact) mass is 317 g/mol. The summed E-state index contributed by atoms with van der Waals surface area (Å²) in [4.78, 5) is 0. The van der Waals surface area contributed by atoms with Crippen LogP contribution in [0.4, 0.5) is 3.89 Å². The molecule has 7 heteroatoms. The maximum Gasteiger partial charge on any atom is 0.353 e. The van der Waals surface area contributed by atoms with Crippen LogP contribution < -0.4 is 0 Å². The van der Waals surface area contributed by atoms with Gasteiger partial charge in [0.2, 0.25) is 5.03 Å². The summed E-state index contributed by atoms with van der Waals surface area (Å²) in [5, 5.41) is 6.23. The summed E-state index contributed by atoms with van der Waals surface area (Å²) in [5.74, 6) is 0. The second kappa shape index (κ2) is 5.69. The van der Waals surface area contributed by atoms with Crippen molar-refractivity contribution in [2.24, 2.45) is 0 Å². The van der Waals surface area contributed by atoms with Crippen molar-refractivity contribution in [1.82, 2.24) is 15.0 Å². The molecule has 0 unspecified atom stereocenters. The molecule has 0 atom stereocenters. The summed E-state index contributed by atoms with van der Waals surface area (Å²) < 4.78 is 35.5. The van der Waals surface area contributed by atoms with E-state index >= 15 is 0 Å². The van der Waals surface area contributed by atoms with Gasteiger partial charge in [-0.05, 0) is 16.7 Å². The van der Waals surface area contributed by atoms with E-state index in [0.717, 1.165) is 22.9 Å². The molecule has 1 heterocycles. The first-order chi connectivity index (χ1) is 10.5. The molecule has 3 aromatic rings. The molecule has 0 saturated heterocycles. The minimum Gasteiger partial charge on any atom is -0.247 e. The molecular weight excluding hydrogens is 305 g/mol. The van der Waals surface area contributed by atoms with Crippen LogP contribution in [0, 0.1) is 0 Å². The molecule has 1 aromatic heterocycles. The van der Waals surface area contributed by atoms with Gasteiger partial charge in [0.15, 0.2) is 0 Å². The molecular formula is C15H12FN3O2S. The summed E-state index contributed by atoms with van der Waals surface area (Å²) in [6.45, 7) is 0.317. The van der Waals surface area contributed by atoms with E-state index in [4.69, 9.17) is 0 Å². The molecule has 0 saturated carbocycles. The first-order valence-electron chi connectivity index (χ1n) is 6.51. The summed E-state index contributed by atoms with van der Waals surface area (Å²) in [7, 11) is -4.81. The summed E-state index contributed by atoms with van der Waals surface area (Å²) in [5.41, 5.74) is 3.10. The highest BCUT2D eigenvalue weighted by atomic mass is 32.3. The standard InChI is InChI=1S/C15H12FN3O2S/c16-22(20,21)15-11-19(18-17-15)10-12-6-8-14(9-7-12)13-4-2-1-3-5-13/h1-9,11H,10H2. The molecule has 0 aliphatic heterocycles. The molecule has 3 rings (SSSR count). The van der Waals surface area contributed by atoms with Gasteiger partial charge >= 0.3 is 10.2 Å². The van der Waals surface area contributed by atoms with Crippen molar-refractivity contribution >= 4 is 10.2 Å². The van der Waals surface area contributed by atoms with E-state index in [1.165, 1.54) is 4.68 Å². The van der Waals surface area contributed by atoms with Gasteiger partial charge < -0.3 is 0 Å². The smallest absolute Gasteiger partial charge is 0.247 e. The Balaban J connectivity index is 1.78. The van der Waals surface area contributed by atoms with Gasteiger partial charge in [0, 0.05) is 0 Å². The molecule has 0 fully saturated rings. The fourth-order valence-electron chi connectivity index (χ4n) is 2.09. The lowest BCUT2D eigenvalue weighted by Gasteiger charge is -2.04. The van der Waals surface area contributed by atoms with Crippen molar-refractivity contribution in [3.63, 3.8) is 0 Å². The van der Waals surface area contributed by atoms with E-state index in [0.29, 0.717) is 6.54 Å². The second-order valence-electron chi connectivity index (χ2n) is 4.76. The lowest BCUT2D eigenvalue weighted by molar-refractivity contribution is 0.547. The van der Waals surface area contributed by atoms with Crippen LogP contribution in [-0.4, -0.2) is 23.4 Å². The Kier molecular flexibility index (Phi) is 3.72. The maximum atomic E-state index is 12.8. The maximum absolute atomic E-state index is 12.8. The molecule has 22 heavy (non-hydrogen) atoms. The molecule has 5 nitrogen and oxygen atoms in total. The van der Waals surface area contributed by atoms with Gasteiger partial charge in [-0.1, -0.05) is 63.7 Å². The Labute approximate surface area is 127 Å². The van der Waals surface area contributed by atoms with Crippen molar-refractivity contribution in [2.45, 2.75) is 11.6 Å². The van der Waals surface area contributed by atoms with Crippen molar-refractivity contribution in [1.29, 1.82) is 0 Å². The van der Waals surface area contributed by atoms with Gasteiger partial charge in [0.1, 0.15) is 0 Å². The van der Waals surface area contributed by atoms with Gasteiger partial charge in [0.05, 0.1) is 12.7 Å². The lowest BCUT2D eigenvalue weighted by Crippen LogP contribution is -2.00. The molecule has 112 valence electrons. The number of hydrogen-bond acceptors (Lipinski definition) is 4. The van der Waals surface area contributed by atoms with Crippen LogP contribution in [-0.2, 0) is 16.8 Å². The van der Waals surface area contributed by atoms with E-state index in [1.807, 2.05) is 54.6 Å². The number of benzene rings is 2. The molecule has 2 aromatic carbocycles. The number of nitrogens with zero attached hydrogens (tertiary/aromatic N) is 3. The van der Waals surface area contributed by atoms with E-state index in [9.17, 15) is 12.3 Å². The van der Waals surface area contributed by atoms with Crippen LogP contribution >= 0.6 is 0 Å². The number of halogens is 1. The second-order valence-corrected chi connectivity index (χ2v) is 6.05. The van der Waals surface area contributed by atoms with Crippen LogP contribution in [0.25, 0.3) is 11.1 Å². The summed E-state index contributed by atoms with van der Waals surface area (Å²) in [6.07, 6.45) is 1.07. The SMILES string of the molecule is O=S(=O)(F)c1cn(Cc2ccc(-c3ccccc3)cc2)nn1. The zero-order valence-corrected chi connectivity index (χ0v) is 12.2. The molecule has 0 bridgehead atoms. The first kappa shape index (κ1) is 14.4. The van der Waals surface area contributed by atoms with Gasteiger partial charge in [0.25, 0.3) is 0 Å². The lowest BCUT2D eigenvalue weighted by atomic mass is 10.0. The number of aromatic nitrogens is 3. The minimum absolute atomic E-state index is 0.317. The van der Waals surface area contributed by atoms with Crippen molar-refractivity contribution < 1.29 is 12.3 Å². The molecule has 0 amide bonds. The molecule has 0 aliphatic rings. The fourth-order valence-corrected chi connectivity index (χ4v) is 2.47. The van der Waals surface area contributed by atoms with E-state index in [1.54, 1.807) is 0 Å². The molecule has 0 spiro atoms. The highest BCUT2D eigenvalue weighted by Gasteiger charge is 2.16. The van der Waals surface area contributed by atoms with E-state index < -0.39 is 15.2 Å². The molecule has 0 radical (unpaired) electrons. The molecule has 0 aliphatic carbocycles. The Bertz CT molecular complexity index is 875. The van der Waals surface area contributed by atoms with Crippen molar-refractivity contribution in [3.05, 3.63) is 66.4 Å². The Morgan fingerprint density at radius 3 is 2.18 bits per heavy atom. The summed E-state index contributed by atoms with van der Waals surface area (Å²) >= 11 is 0. The third-order valence-corrected chi connectivity index (χ3v) is 3.86. The van der Waals surface area contributed by atoms with Gasteiger partial charge in [-0.2, -0.15) is 8.42 Å². The summed E-state index contributed by atoms with van der Waals surface area (Å²) in [6, 6.07) is 17.7. The predicted molar refractivity (Wildman–Crippen MR) is 79.3 cm³/mol. The quantitative estimate of drug-likeness (QED) is 0.694. The largest absolute Gasteiger partial charge is 0.353 e. The Morgan fingerprint density at radius 1 is 0.955 bits per heavy atom. The van der Waals surface area contributed by atoms with Crippen LogP contribution in [0.1, 0.15) is 5.56 Å². The zero-order chi connectivity index (χ0) is 15.6. The average Bonchev–Trinajstić information content (AvgIpc) is 2.98. The van der Waals surface area contributed by atoms with E-state index in [-0.39, 0.29) is 0 Å². The van der Waals surface area contributed by atoms with Crippen molar-refractivity contribution in [3.8, 4) is 11.1 Å². The molecule has 0 N–H and O–H groups in total. The Hall–Kier alpha value is -2.54. The topological polar surface area (TPSA) is 64.8 Å². The highest BCUT2D eigenvalue weighted by molar-refractivity contribution is 7.86. The number of hydrogen-bond donors (Lipinski definition) is 0. The normalized spacial score (nSPS) is 11.5. The van der Waals surface area contributed by atoms with Gasteiger partial charge in [-0.3, -0.25) is 0 Å². The van der Waals surface area contributed by atoms with E-state index in [2.05, 4.69) is 10.3 Å². The average molecular weight is 317 g/mol. The van der Waals surface area contributed by atoms with Crippen LogP contribution in [0.5, 0.6) is 0 Å². The van der Waals surface area contributed by atoms with Gasteiger partial charge in [-0.25, -0.2) is 4.68 Å². The number of rotatable bonds is 4. The first-order valence-corrected chi connectivity index (χ1v) is 7.90. The highest BCUT2D eigenvalue weighted by Crippen LogP contribution is 2.19.